The smallest absolute Gasteiger partial charge is 0.225 e. The highest BCUT2D eigenvalue weighted by Gasteiger charge is 2.25. The predicted molar refractivity (Wildman–Crippen MR) is 48.4 cm³/mol. The molecule has 0 aromatic heterocycles. The first-order chi connectivity index (χ1) is 5.54. The van der Waals surface area contributed by atoms with Gasteiger partial charge >= 0.3 is 0 Å². The van der Waals surface area contributed by atoms with E-state index in [-0.39, 0.29) is 5.91 Å². The Kier molecular flexibility index (Phi) is 2.40. The van der Waals surface area contributed by atoms with E-state index in [1.165, 1.54) is 5.57 Å². The molecule has 0 aromatic carbocycles. The number of carbonyl (C=O) groups excluding carboxylic acids is 1. The molecular weight excluding hydrogens is 152 g/mol. The van der Waals surface area contributed by atoms with Crippen LogP contribution in [0.5, 0.6) is 0 Å². The molecule has 1 aliphatic rings. The number of hydrogen-bond donors (Lipinski definition) is 0. The Bertz CT molecular complexity index is 229. The minimum absolute atomic E-state index is 0.135. The van der Waals surface area contributed by atoms with Crippen LogP contribution < -0.4 is 0 Å². The van der Waals surface area contributed by atoms with E-state index >= 15 is 0 Å². The predicted octanol–water partition coefficient (Wildman–Crippen LogP) is 1.03. The maximum Gasteiger partial charge on any atom is 0.225 e. The monoisotopic (exact) mass is 168 g/mol. The minimum atomic E-state index is 0.135. The molecule has 1 heterocycles. The number of nitrogens with zero attached hydrogens (tertiary/aromatic N) is 2. The molecule has 0 aliphatic carbocycles. The van der Waals surface area contributed by atoms with E-state index < -0.39 is 0 Å². The lowest BCUT2D eigenvalue weighted by Crippen LogP contribution is -2.26. The third-order valence-corrected chi connectivity index (χ3v) is 2.10. The Morgan fingerprint density at radius 2 is 1.83 bits per heavy atom. The Labute approximate surface area is 73.6 Å². The van der Waals surface area contributed by atoms with Gasteiger partial charge in [-0.15, -0.1) is 0 Å². The number of likely N-dealkylation sites (N-methyl/N-ethyl adjacent to an activating group) is 1. The molecule has 3 nitrogen and oxygen atoms in total. The highest BCUT2D eigenvalue weighted by molar-refractivity contribution is 5.75. The molecule has 1 aliphatic heterocycles. The number of amides is 1. The summed E-state index contributed by atoms with van der Waals surface area (Å²) < 4.78 is 0. The zero-order valence-electron chi connectivity index (χ0n) is 8.22. The Hall–Kier alpha value is -0.990. The van der Waals surface area contributed by atoms with Crippen LogP contribution in [0.25, 0.3) is 0 Å². The Morgan fingerprint density at radius 1 is 1.25 bits per heavy atom. The van der Waals surface area contributed by atoms with Crippen molar-refractivity contribution in [3.05, 3.63) is 11.4 Å². The molecule has 1 amide bonds. The summed E-state index contributed by atoms with van der Waals surface area (Å²) >= 11 is 0. The molecule has 1 fully saturated rings. The van der Waals surface area contributed by atoms with Gasteiger partial charge in [-0.05, 0) is 19.4 Å². The number of hydrogen-bond acceptors (Lipinski definition) is 2. The molecule has 3 heteroatoms. The van der Waals surface area contributed by atoms with Gasteiger partial charge in [0.1, 0.15) is 5.82 Å². The van der Waals surface area contributed by atoms with Gasteiger partial charge in [-0.25, -0.2) is 0 Å². The average Bonchev–Trinajstić information content (AvgIpc) is 2.30. The van der Waals surface area contributed by atoms with Gasteiger partial charge in [0.05, 0.1) is 0 Å². The summed E-state index contributed by atoms with van der Waals surface area (Å²) in [7, 11) is 2.02. The topological polar surface area (TPSA) is 23.6 Å². The maximum absolute atomic E-state index is 11.2. The first kappa shape index (κ1) is 9.10. The van der Waals surface area contributed by atoms with Crippen LogP contribution in [0.4, 0.5) is 0 Å². The molecule has 0 spiro atoms. The van der Waals surface area contributed by atoms with Gasteiger partial charge in [0, 0.05) is 27.1 Å². The van der Waals surface area contributed by atoms with Crippen molar-refractivity contribution in [1.29, 1.82) is 0 Å². The molecular formula is C9H16N2O. The van der Waals surface area contributed by atoms with E-state index in [1.54, 1.807) is 6.92 Å². The highest BCUT2D eigenvalue weighted by Crippen LogP contribution is 2.19. The van der Waals surface area contributed by atoms with Crippen LogP contribution in [-0.4, -0.2) is 35.8 Å². The second-order valence-corrected chi connectivity index (χ2v) is 3.42. The van der Waals surface area contributed by atoms with Crippen molar-refractivity contribution in [3.63, 3.8) is 0 Å². The Balaban J connectivity index is 2.93. The lowest BCUT2D eigenvalue weighted by molar-refractivity contribution is -0.126. The molecule has 0 saturated carbocycles. The molecule has 0 N–H and O–H groups in total. The molecule has 68 valence electrons. The summed E-state index contributed by atoms with van der Waals surface area (Å²) in [6, 6.07) is 0. The third-order valence-electron chi connectivity index (χ3n) is 2.10. The van der Waals surface area contributed by atoms with Crippen molar-refractivity contribution < 1.29 is 4.79 Å². The second kappa shape index (κ2) is 3.17. The summed E-state index contributed by atoms with van der Waals surface area (Å²) in [5.41, 5.74) is 1.20. The van der Waals surface area contributed by atoms with E-state index in [0.717, 1.165) is 18.9 Å². The fraction of sp³-hybridized carbons (Fsp3) is 0.667. The fourth-order valence-corrected chi connectivity index (χ4v) is 1.63. The molecule has 1 saturated heterocycles. The van der Waals surface area contributed by atoms with Crippen LogP contribution in [0.15, 0.2) is 11.4 Å². The van der Waals surface area contributed by atoms with Gasteiger partial charge in [0.15, 0.2) is 0 Å². The summed E-state index contributed by atoms with van der Waals surface area (Å²) in [5, 5.41) is 0. The van der Waals surface area contributed by atoms with Crippen molar-refractivity contribution >= 4 is 5.91 Å². The van der Waals surface area contributed by atoms with Crippen LogP contribution in [0.2, 0.25) is 0 Å². The quantitative estimate of drug-likeness (QED) is 0.539. The second-order valence-electron chi connectivity index (χ2n) is 3.42. The van der Waals surface area contributed by atoms with Crippen LogP contribution in [0.3, 0.4) is 0 Å². The van der Waals surface area contributed by atoms with Crippen LogP contribution in [0.1, 0.15) is 20.8 Å². The number of rotatable bonds is 0. The zero-order chi connectivity index (χ0) is 9.30. The molecule has 0 unspecified atom stereocenters. The van der Waals surface area contributed by atoms with Gasteiger partial charge in [-0.3, -0.25) is 9.69 Å². The van der Waals surface area contributed by atoms with Gasteiger partial charge in [0.2, 0.25) is 5.91 Å². The first-order valence-electron chi connectivity index (χ1n) is 4.20. The first-order valence-corrected chi connectivity index (χ1v) is 4.20. The fourth-order valence-electron chi connectivity index (χ4n) is 1.63. The summed E-state index contributed by atoms with van der Waals surface area (Å²) in [4.78, 5) is 15.1. The maximum atomic E-state index is 11.2. The highest BCUT2D eigenvalue weighted by atomic mass is 16.2. The average molecular weight is 168 g/mol. The standard InChI is InChI=1S/C9H16N2O/c1-7(2)9-10(4)5-6-11(9)8(3)12/h5-6H2,1-4H3. The zero-order valence-corrected chi connectivity index (χ0v) is 8.22. The lowest BCUT2D eigenvalue weighted by Gasteiger charge is -2.20. The number of allylic oxidation sites excluding steroid dienone is 1. The molecule has 0 atom stereocenters. The van der Waals surface area contributed by atoms with Gasteiger partial charge in [-0.1, -0.05) is 0 Å². The number of carbonyl (C=O) groups is 1. The van der Waals surface area contributed by atoms with E-state index in [0.29, 0.717) is 0 Å². The van der Waals surface area contributed by atoms with Crippen LogP contribution in [0, 0.1) is 0 Å². The van der Waals surface area contributed by atoms with Gasteiger partial charge in [0.25, 0.3) is 0 Å². The van der Waals surface area contributed by atoms with Crippen molar-refractivity contribution in [2.75, 3.05) is 20.1 Å². The SMILES string of the molecule is CC(=O)N1CCN(C)C1=C(C)C. The van der Waals surface area contributed by atoms with Crippen molar-refractivity contribution in [3.8, 4) is 0 Å². The van der Waals surface area contributed by atoms with Gasteiger partial charge in [-0.2, -0.15) is 0 Å². The normalized spacial score (nSPS) is 17.2. The van der Waals surface area contributed by atoms with Crippen molar-refractivity contribution in [1.82, 2.24) is 9.80 Å². The van der Waals surface area contributed by atoms with E-state index in [9.17, 15) is 4.79 Å². The van der Waals surface area contributed by atoms with E-state index in [4.69, 9.17) is 0 Å². The van der Waals surface area contributed by atoms with Crippen molar-refractivity contribution in [2.24, 2.45) is 0 Å². The van der Waals surface area contributed by atoms with Crippen molar-refractivity contribution in [2.45, 2.75) is 20.8 Å². The van der Waals surface area contributed by atoms with E-state index in [2.05, 4.69) is 4.90 Å². The molecule has 1 rings (SSSR count). The van der Waals surface area contributed by atoms with Crippen LogP contribution >= 0.6 is 0 Å². The Morgan fingerprint density at radius 3 is 2.17 bits per heavy atom. The molecule has 0 bridgehead atoms. The minimum Gasteiger partial charge on any atom is -0.359 e. The third kappa shape index (κ3) is 1.44. The summed E-state index contributed by atoms with van der Waals surface area (Å²) in [6.07, 6.45) is 0. The van der Waals surface area contributed by atoms with Gasteiger partial charge < -0.3 is 4.90 Å². The summed E-state index contributed by atoms with van der Waals surface area (Å²) in [6.45, 7) is 7.45. The molecule has 0 radical (unpaired) electrons. The summed E-state index contributed by atoms with van der Waals surface area (Å²) in [5.74, 6) is 1.21. The largest absolute Gasteiger partial charge is 0.359 e. The van der Waals surface area contributed by atoms with E-state index in [1.807, 2.05) is 25.8 Å². The van der Waals surface area contributed by atoms with Crippen LogP contribution in [-0.2, 0) is 4.79 Å². The lowest BCUT2D eigenvalue weighted by atomic mass is 10.3. The molecule has 12 heavy (non-hydrogen) atoms. The molecule has 0 aromatic rings.